The Bertz CT molecular complexity index is 659. The van der Waals surface area contributed by atoms with Crippen LogP contribution in [0.2, 0.25) is 0 Å². The van der Waals surface area contributed by atoms with Crippen LogP contribution in [0.3, 0.4) is 0 Å². The van der Waals surface area contributed by atoms with E-state index in [4.69, 9.17) is 0 Å². The molecule has 1 aliphatic carbocycles. The Hall–Kier alpha value is -1.26. The number of ketones is 1. The van der Waals surface area contributed by atoms with E-state index in [1.807, 2.05) is 23.6 Å². The summed E-state index contributed by atoms with van der Waals surface area (Å²) in [4.78, 5) is 13.6. The molecule has 0 bridgehead atoms. The third kappa shape index (κ3) is 3.50. The molecule has 3 rings (SSSR count). The number of thiophene rings is 1. The van der Waals surface area contributed by atoms with E-state index in [9.17, 15) is 9.00 Å². The van der Waals surface area contributed by atoms with E-state index >= 15 is 0 Å². The van der Waals surface area contributed by atoms with Crippen molar-refractivity contribution in [2.45, 2.75) is 37.0 Å². The highest BCUT2D eigenvalue weighted by atomic mass is 32.2. The van der Waals surface area contributed by atoms with Crippen molar-refractivity contribution in [2.24, 2.45) is 0 Å². The normalized spacial score (nSPS) is 14.9. The van der Waals surface area contributed by atoms with Crippen molar-refractivity contribution in [3.63, 3.8) is 0 Å². The number of benzene rings is 1. The summed E-state index contributed by atoms with van der Waals surface area (Å²) in [6, 6.07) is 9.94. The Morgan fingerprint density at radius 3 is 2.86 bits per heavy atom. The van der Waals surface area contributed by atoms with Crippen LogP contribution in [-0.2, 0) is 23.6 Å². The van der Waals surface area contributed by atoms with E-state index < -0.39 is 10.8 Å². The lowest BCUT2D eigenvalue weighted by Gasteiger charge is -2.05. The Labute approximate surface area is 131 Å². The highest BCUT2D eigenvalue weighted by molar-refractivity contribution is 7.85. The van der Waals surface area contributed by atoms with E-state index in [0.29, 0.717) is 18.6 Å². The van der Waals surface area contributed by atoms with Gasteiger partial charge in [0.05, 0.1) is 15.7 Å². The molecule has 0 saturated carbocycles. The standard InChI is InChI=1S/C17H18O2S2/c18-16(17-7-2-10-20-17)6-3-11-21(19)15-9-8-13-4-1-5-14(13)12-15/h2,7-10,12H,1,3-6,11H2. The zero-order chi connectivity index (χ0) is 14.7. The minimum atomic E-state index is -0.988. The lowest BCUT2D eigenvalue weighted by Crippen LogP contribution is -2.03. The third-order valence-corrected chi connectivity index (χ3v) is 6.21. The molecule has 1 unspecified atom stereocenters. The topological polar surface area (TPSA) is 34.1 Å². The lowest BCUT2D eigenvalue weighted by atomic mass is 10.1. The molecule has 0 amide bonds. The van der Waals surface area contributed by atoms with Crippen molar-refractivity contribution >= 4 is 27.9 Å². The molecule has 110 valence electrons. The summed E-state index contributed by atoms with van der Waals surface area (Å²) < 4.78 is 12.3. The first-order chi connectivity index (χ1) is 10.2. The number of aryl methyl sites for hydroxylation is 2. The zero-order valence-electron chi connectivity index (χ0n) is 11.8. The van der Waals surface area contributed by atoms with Crippen molar-refractivity contribution in [3.8, 4) is 0 Å². The minimum absolute atomic E-state index is 0.163. The second kappa shape index (κ2) is 6.67. The summed E-state index contributed by atoms with van der Waals surface area (Å²) in [7, 11) is -0.988. The monoisotopic (exact) mass is 318 g/mol. The van der Waals surface area contributed by atoms with Gasteiger partial charge >= 0.3 is 0 Å². The van der Waals surface area contributed by atoms with Crippen LogP contribution in [0.5, 0.6) is 0 Å². The molecule has 1 atom stereocenters. The molecular formula is C17H18O2S2. The van der Waals surface area contributed by atoms with Gasteiger partial charge in [-0.2, -0.15) is 0 Å². The van der Waals surface area contributed by atoms with Crippen molar-refractivity contribution in [1.29, 1.82) is 0 Å². The van der Waals surface area contributed by atoms with Gasteiger partial charge in [-0.1, -0.05) is 12.1 Å². The number of hydrogen-bond donors (Lipinski definition) is 0. The number of carbonyl (C=O) groups excluding carboxylic acids is 1. The molecule has 1 heterocycles. The average Bonchev–Trinajstić information content (AvgIpc) is 3.17. The fourth-order valence-corrected chi connectivity index (χ4v) is 4.56. The highest BCUT2D eigenvalue weighted by Gasteiger charge is 2.14. The fourth-order valence-electron chi connectivity index (χ4n) is 2.73. The van der Waals surface area contributed by atoms with E-state index in [1.54, 1.807) is 0 Å². The Kier molecular flexibility index (Phi) is 4.66. The van der Waals surface area contributed by atoms with Crippen molar-refractivity contribution in [3.05, 3.63) is 51.7 Å². The van der Waals surface area contributed by atoms with E-state index in [0.717, 1.165) is 22.6 Å². The van der Waals surface area contributed by atoms with Crippen LogP contribution in [0.4, 0.5) is 0 Å². The molecule has 0 radical (unpaired) electrons. The predicted molar refractivity (Wildman–Crippen MR) is 87.6 cm³/mol. The van der Waals surface area contributed by atoms with Gasteiger partial charge in [0.1, 0.15) is 0 Å². The van der Waals surface area contributed by atoms with Gasteiger partial charge in [0, 0.05) is 17.1 Å². The van der Waals surface area contributed by atoms with Gasteiger partial charge in [-0.3, -0.25) is 9.00 Å². The Balaban J connectivity index is 1.54. The smallest absolute Gasteiger partial charge is 0.172 e. The number of fused-ring (bicyclic) bond motifs is 1. The van der Waals surface area contributed by atoms with Gasteiger partial charge < -0.3 is 0 Å². The number of hydrogen-bond acceptors (Lipinski definition) is 3. The Morgan fingerprint density at radius 1 is 1.19 bits per heavy atom. The van der Waals surface area contributed by atoms with Crippen LogP contribution >= 0.6 is 11.3 Å². The van der Waals surface area contributed by atoms with Crippen LogP contribution in [0.15, 0.2) is 40.6 Å². The molecule has 1 aromatic heterocycles. The summed E-state index contributed by atoms with van der Waals surface area (Å²) in [5, 5.41) is 1.91. The maximum atomic E-state index is 12.3. The van der Waals surface area contributed by atoms with Gasteiger partial charge in [-0.05, 0) is 60.4 Å². The molecule has 4 heteroatoms. The first-order valence-corrected chi connectivity index (χ1v) is 9.51. The van der Waals surface area contributed by atoms with Crippen molar-refractivity contribution in [2.75, 3.05) is 5.75 Å². The first-order valence-electron chi connectivity index (χ1n) is 7.31. The summed E-state index contributed by atoms with van der Waals surface area (Å²) in [6.07, 6.45) is 4.63. The third-order valence-electron chi connectivity index (χ3n) is 3.86. The molecule has 1 aliphatic rings. The van der Waals surface area contributed by atoms with Gasteiger partial charge in [-0.15, -0.1) is 11.3 Å². The summed E-state index contributed by atoms with van der Waals surface area (Å²) in [5.41, 5.74) is 2.76. The second-order valence-corrected chi connectivity index (χ2v) is 7.86. The van der Waals surface area contributed by atoms with Gasteiger partial charge in [0.25, 0.3) is 0 Å². The molecular weight excluding hydrogens is 300 g/mol. The molecule has 0 N–H and O–H groups in total. The molecule has 0 spiro atoms. The maximum absolute atomic E-state index is 12.3. The van der Waals surface area contributed by atoms with Gasteiger partial charge in [0.15, 0.2) is 5.78 Å². The summed E-state index contributed by atoms with van der Waals surface area (Å²) >= 11 is 1.47. The van der Waals surface area contributed by atoms with Crippen LogP contribution in [-0.4, -0.2) is 15.7 Å². The van der Waals surface area contributed by atoms with Crippen LogP contribution in [0.25, 0.3) is 0 Å². The molecule has 2 nitrogen and oxygen atoms in total. The summed E-state index contributed by atoms with van der Waals surface area (Å²) in [6.45, 7) is 0. The molecule has 2 aromatic rings. The van der Waals surface area contributed by atoms with E-state index in [1.165, 1.54) is 28.9 Å². The van der Waals surface area contributed by atoms with Crippen LogP contribution < -0.4 is 0 Å². The SMILES string of the molecule is O=C(CCCS(=O)c1ccc2c(c1)CCC2)c1cccs1. The van der Waals surface area contributed by atoms with Gasteiger partial charge in [-0.25, -0.2) is 0 Å². The average molecular weight is 318 g/mol. The fraction of sp³-hybridized carbons (Fsp3) is 0.353. The van der Waals surface area contributed by atoms with Crippen LogP contribution in [0, 0.1) is 0 Å². The second-order valence-electron chi connectivity index (χ2n) is 5.34. The van der Waals surface area contributed by atoms with Gasteiger partial charge in [0.2, 0.25) is 0 Å². The molecule has 1 aromatic carbocycles. The van der Waals surface area contributed by atoms with E-state index in [-0.39, 0.29) is 5.78 Å². The van der Waals surface area contributed by atoms with Crippen molar-refractivity contribution < 1.29 is 9.00 Å². The number of rotatable bonds is 6. The quantitative estimate of drug-likeness (QED) is 0.754. The number of Topliss-reactive ketones (excluding diaryl/α,β-unsaturated/α-hetero) is 1. The van der Waals surface area contributed by atoms with Crippen molar-refractivity contribution in [1.82, 2.24) is 0 Å². The molecule has 21 heavy (non-hydrogen) atoms. The minimum Gasteiger partial charge on any atom is -0.293 e. The first kappa shape index (κ1) is 14.7. The molecule has 0 saturated heterocycles. The zero-order valence-corrected chi connectivity index (χ0v) is 13.5. The summed E-state index contributed by atoms with van der Waals surface area (Å²) in [5.74, 6) is 0.728. The highest BCUT2D eigenvalue weighted by Crippen LogP contribution is 2.24. The molecule has 0 fully saturated rings. The largest absolute Gasteiger partial charge is 0.293 e. The predicted octanol–water partition coefficient (Wildman–Crippen LogP) is 4.01. The number of carbonyl (C=O) groups is 1. The Morgan fingerprint density at radius 2 is 2.05 bits per heavy atom. The molecule has 0 aliphatic heterocycles. The lowest BCUT2D eigenvalue weighted by molar-refractivity contribution is 0.0986. The maximum Gasteiger partial charge on any atom is 0.172 e. The van der Waals surface area contributed by atoms with E-state index in [2.05, 4.69) is 12.1 Å². The van der Waals surface area contributed by atoms with Crippen LogP contribution in [0.1, 0.15) is 40.1 Å².